The van der Waals surface area contributed by atoms with Crippen LogP contribution in [0.1, 0.15) is 81.8 Å². The molecule has 7 rings (SSSR count). The van der Waals surface area contributed by atoms with Gasteiger partial charge in [0.1, 0.15) is 40.5 Å². The smallest absolute Gasteiger partial charge is 0.410 e. The third-order valence-electron chi connectivity index (χ3n) is 11.7. The Morgan fingerprint density at radius 3 is 2.44 bits per heavy atom. The molecule has 3 heterocycles. The minimum atomic E-state index is -4.41. The van der Waals surface area contributed by atoms with Crippen molar-refractivity contribution < 1.29 is 46.3 Å². The fourth-order valence-electron chi connectivity index (χ4n) is 8.40. The molecular formula is C40H49FN6O9S. The van der Waals surface area contributed by atoms with E-state index in [9.17, 15) is 36.8 Å². The van der Waals surface area contributed by atoms with Gasteiger partial charge in [-0.15, -0.1) is 6.58 Å². The van der Waals surface area contributed by atoms with Crippen molar-refractivity contribution in [3.63, 3.8) is 0 Å². The van der Waals surface area contributed by atoms with Crippen molar-refractivity contribution in [2.75, 3.05) is 18.4 Å². The zero-order valence-corrected chi connectivity index (χ0v) is 32.5. The average Bonchev–Trinajstić information content (AvgIpc) is 3.58. The second-order valence-electron chi connectivity index (χ2n) is 15.6. The molecule has 306 valence electrons. The molecule has 57 heavy (non-hydrogen) atoms. The third kappa shape index (κ3) is 8.72. The van der Waals surface area contributed by atoms with Crippen LogP contribution in [0.3, 0.4) is 0 Å². The van der Waals surface area contributed by atoms with Gasteiger partial charge in [0.2, 0.25) is 11.8 Å². The fraction of sp³-hybridized carbons (Fsp3) is 0.525. The van der Waals surface area contributed by atoms with Gasteiger partial charge in [-0.1, -0.05) is 49.6 Å². The van der Waals surface area contributed by atoms with E-state index in [1.165, 1.54) is 28.0 Å². The zero-order chi connectivity index (χ0) is 40.3. The van der Waals surface area contributed by atoms with Crippen molar-refractivity contribution in [3.8, 4) is 0 Å². The van der Waals surface area contributed by atoms with Crippen LogP contribution < -0.4 is 20.7 Å². The number of para-hydroxylation sites is 1. The number of benzene rings is 2. The maximum Gasteiger partial charge on any atom is 0.410 e. The van der Waals surface area contributed by atoms with Gasteiger partial charge in [-0.25, -0.2) is 27.1 Å². The second-order valence-corrected chi connectivity index (χ2v) is 17.2. The molecule has 0 bridgehead atoms. The average molecular weight is 809 g/mol. The number of carbonyl (C=O) groups is 5. The normalized spacial score (nSPS) is 28.0. The molecule has 2 aliphatic carbocycles. The Labute approximate surface area is 331 Å². The number of amides is 5. The molecule has 4 N–H and O–H groups in total. The van der Waals surface area contributed by atoms with E-state index in [-0.39, 0.29) is 49.9 Å². The van der Waals surface area contributed by atoms with Crippen LogP contribution in [0.4, 0.5) is 19.7 Å². The van der Waals surface area contributed by atoms with Gasteiger partial charge in [0.05, 0.1) is 18.8 Å². The van der Waals surface area contributed by atoms with E-state index >= 15 is 0 Å². The summed E-state index contributed by atoms with van der Waals surface area (Å²) in [4.78, 5) is 71.8. The maximum absolute atomic E-state index is 14.5. The van der Waals surface area contributed by atoms with Gasteiger partial charge in [0.15, 0.2) is 0 Å². The number of alkyl carbamates (subject to hydrolysis) is 1. The summed E-state index contributed by atoms with van der Waals surface area (Å²) in [5, 5.41) is 8.63. The molecule has 3 aliphatic heterocycles. The summed E-state index contributed by atoms with van der Waals surface area (Å²) < 4.78 is 55.5. The lowest BCUT2D eigenvalue weighted by atomic mass is 10.0. The number of anilines is 1. The Morgan fingerprint density at radius 1 is 0.930 bits per heavy atom. The number of ether oxygens (including phenoxy) is 2. The van der Waals surface area contributed by atoms with Crippen LogP contribution in [0.2, 0.25) is 0 Å². The first-order chi connectivity index (χ1) is 27.4. The van der Waals surface area contributed by atoms with Gasteiger partial charge in [-0.2, -0.15) is 0 Å². The Morgan fingerprint density at radius 2 is 1.68 bits per heavy atom. The molecule has 17 heteroatoms. The maximum atomic E-state index is 14.5. The van der Waals surface area contributed by atoms with Crippen LogP contribution in [0, 0.1) is 11.7 Å². The number of halogens is 1. The molecule has 5 amide bonds. The van der Waals surface area contributed by atoms with E-state index in [4.69, 9.17) is 9.47 Å². The number of nitrogens with one attached hydrogen (secondary N) is 4. The number of sulfonamides is 1. The third-order valence-corrected chi connectivity index (χ3v) is 13.0. The largest absolute Gasteiger partial charge is 0.446 e. The lowest BCUT2D eigenvalue weighted by Crippen LogP contribution is -2.58. The molecule has 5 atom stereocenters. The summed E-state index contributed by atoms with van der Waals surface area (Å²) >= 11 is 0. The summed E-state index contributed by atoms with van der Waals surface area (Å²) in [6.45, 7) is 4.09. The highest BCUT2D eigenvalue weighted by molar-refractivity contribution is 7.90. The monoisotopic (exact) mass is 808 g/mol. The molecule has 2 saturated carbocycles. The Hall–Kier alpha value is -5.19. The predicted octanol–water partition coefficient (Wildman–Crippen LogP) is 4.23. The molecule has 15 nitrogen and oxygen atoms in total. The fourth-order valence-corrected chi connectivity index (χ4v) is 9.62. The summed E-state index contributed by atoms with van der Waals surface area (Å²) in [7, 11) is -4.41. The first-order valence-corrected chi connectivity index (χ1v) is 21.2. The highest BCUT2D eigenvalue weighted by Crippen LogP contribution is 2.45. The quantitative estimate of drug-likeness (QED) is 0.325. The molecule has 2 aromatic rings. The molecule has 2 aromatic carbocycles. The van der Waals surface area contributed by atoms with Gasteiger partial charge >= 0.3 is 12.2 Å². The molecule has 5 aliphatic rings. The van der Waals surface area contributed by atoms with Crippen molar-refractivity contribution in [2.24, 2.45) is 5.92 Å². The van der Waals surface area contributed by atoms with Crippen molar-refractivity contribution >= 4 is 45.6 Å². The predicted molar refractivity (Wildman–Crippen MR) is 204 cm³/mol. The minimum absolute atomic E-state index is 0.0146. The highest BCUT2D eigenvalue weighted by atomic mass is 32.2. The lowest BCUT2D eigenvalue weighted by molar-refractivity contribution is -0.141. The van der Waals surface area contributed by atoms with Crippen LogP contribution in [0.25, 0.3) is 0 Å². The summed E-state index contributed by atoms with van der Waals surface area (Å²) in [5.74, 6) is -3.41. The van der Waals surface area contributed by atoms with Gasteiger partial charge in [0, 0.05) is 31.0 Å². The second kappa shape index (κ2) is 16.7. The number of nitrogens with zero attached hydrogens (tertiary/aromatic N) is 2. The number of carbonyl (C=O) groups excluding carboxylic acids is 5. The summed E-state index contributed by atoms with van der Waals surface area (Å²) in [5.41, 5.74) is -0.366. The van der Waals surface area contributed by atoms with Crippen molar-refractivity contribution in [1.82, 2.24) is 25.2 Å². The molecule has 0 unspecified atom stereocenters. The minimum Gasteiger partial charge on any atom is -0.446 e. The Balaban J connectivity index is 1.16. The number of rotatable bonds is 4. The molecule has 0 radical (unpaired) electrons. The van der Waals surface area contributed by atoms with Crippen LogP contribution in [0.5, 0.6) is 0 Å². The van der Waals surface area contributed by atoms with Gasteiger partial charge in [0.25, 0.3) is 15.9 Å². The van der Waals surface area contributed by atoms with E-state index in [0.717, 1.165) is 25.7 Å². The van der Waals surface area contributed by atoms with E-state index in [0.29, 0.717) is 49.0 Å². The highest BCUT2D eigenvalue weighted by Gasteiger charge is 2.61. The molecule has 1 spiro atoms. The van der Waals surface area contributed by atoms with E-state index in [2.05, 4.69) is 27.3 Å². The zero-order valence-electron chi connectivity index (χ0n) is 31.7. The van der Waals surface area contributed by atoms with Gasteiger partial charge in [-0.05, 0) is 68.7 Å². The van der Waals surface area contributed by atoms with Crippen LogP contribution in [-0.2, 0) is 47.0 Å². The molecule has 0 aromatic heterocycles. The first kappa shape index (κ1) is 40.0. The first-order valence-electron chi connectivity index (χ1n) is 19.7. The SMILES string of the molecule is C=C[C@@H]1C[C@@]12NC(=O)[C@@H]1C[C@@H](OC(=O)N3Cc4cccc(F)c4C3)CN1C(=O)[C@@H](NC(=O)OC1CCCC1)CCCCCCNc1ccccc1S(=O)(=O)NC2=O. The number of hydrogen-bond acceptors (Lipinski definition) is 10. The Kier molecular flexibility index (Phi) is 11.7. The van der Waals surface area contributed by atoms with E-state index < -0.39 is 75.4 Å². The van der Waals surface area contributed by atoms with Crippen LogP contribution in [0.15, 0.2) is 60.0 Å². The van der Waals surface area contributed by atoms with E-state index in [1.807, 2.05) is 0 Å². The van der Waals surface area contributed by atoms with Crippen LogP contribution in [-0.4, -0.2) is 91.0 Å². The van der Waals surface area contributed by atoms with Crippen molar-refractivity contribution in [1.29, 1.82) is 0 Å². The molecule has 3 fully saturated rings. The van der Waals surface area contributed by atoms with E-state index in [1.54, 1.807) is 30.3 Å². The summed E-state index contributed by atoms with van der Waals surface area (Å²) in [6.07, 6.45) is 4.72. The lowest BCUT2D eigenvalue weighted by Gasteiger charge is -2.30. The van der Waals surface area contributed by atoms with Crippen molar-refractivity contribution in [3.05, 3.63) is 72.1 Å². The van der Waals surface area contributed by atoms with Crippen molar-refractivity contribution in [2.45, 2.75) is 118 Å². The molecular weight excluding hydrogens is 760 g/mol. The number of fused-ring (bicyclic) bond motifs is 3. The van der Waals surface area contributed by atoms with Crippen LogP contribution >= 0.6 is 0 Å². The molecule has 1 saturated heterocycles. The van der Waals surface area contributed by atoms with Gasteiger partial charge in [-0.3, -0.25) is 19.3 Å². The Bertz CT molecular complexity index is 2030. The number of hydrogen-bond donors (Lipinski definition) is 4. The van der Waals surface area contributed by atoms with Gasteiger partial charge < -0.3 is 30.3 Å². The topological polar surface area (TPSA) is 193 Å². The standard InChI is InChI=1S/C40H49FN6O9S/c1-2-26-21-40(26)37(50)45-57(53,54)34-18-9-8-16-31(34)42-19-10-4-3-5-17-32(43-38(51)55-27-13-6-7-14-27)36(49)47-23-28(20-33(47)35(48)44-40)56-39(52)46-22-25-12-11-15-30(41)29(25)24-46/h2,8-9,11-12,15-16,18,26-28,32-33,42H,1,3-7,10,13-14,17,19-24H2,(H,43,51)(H,44,48)(H,45,50)/t26-,28-,32+,33+,40-/m1/s1. The summed E-state index contributed by atoms with van der Waals surface area (Å²) in [6, 6.07) is 8.45.